The molecule has 0 atom stereocenters. The van der Waals surface area contributed by atoms with Gasteiger partial charge in [-0.1, -0.05) is 6.07 Å². The van der Waals surface area contributed by atoms with E-state index in [1.165, 1.54) is 18.5 Å². The quantitative estimate of drug-likeness (QED) is 0.915. The van der Waals surface area contributed by atoms with Crippen LogP contribution in [-0.2, 0) is 10.0 Å². The highest BCUT2D eigenvalue weighted by atomic mass is 79.9. The minimum absolute atomic E-state index is 0.113. The highest BCUT2D eigenvalue weighted by Gasteiger charge is 2.15. The molecule has 0 amide bonds. The number of rotatable bonds is 4. The molecule has 1 aromatic carbocycles. The average molecular weight is 356 g/mol. The van der Waals surface area contributed by atoms with E-state index in [4.69, 9.17) is 0 Å². The van der Waals surface area contributed by atoms with E-state index >= 15 is 0 Å². The van der Waals surface area contributed by atoms with Crippen LogP contribution in [0.3, 0.4) is 0 Å². The minimum atomic E-state index is -3.64. The zero-order valence-electron chi connectivity index (χ0n) is 11.0. The Balaban J connectivity index is 2.31. The Hall–Kier alpha value is -1.60. The lowest BCUT2D eigenvalue weighted by atomic mass is 10.3. The molecule has 0 spiro atoms. The Kier molecular flexibility index (Phi) is 4.29. The number of nitrogens with one attached hydrogen (secondary N) is 1. The minimum Gasteiger partial charge on any atom is -0.378 e. The van der Waals surface area contributed by atoms with Gasteiger partial charge in [-0.05, 0) is 40.2 Å². The van der Waals surface area contributed by atoms with Crippen molar-refractivity contribution in [2.75, 3.05) is 23.7 Å². The summed E-state index contributed by atoms with van der Waals surface area (Å²) in [7, 11) is 0.150. The zero-order valence-corrected chi connectivity index (χ0v) is 13.4. The Morgan fingerprint density at radius 2 is 1.95 bits per heavy atom. The maximum atomic E-state index is 12.2. The summed E-state index contributed by atoms with van der Waals surface area (Å²) < 4.78 is 27.7. The van der Waals surface area contributed by atoms with Gasteiger partial charge in [0.05, 0.1) is 5.69 Å². The second-order valence-electron chi connectivity index (χ2n) is 4.39. The number of aromatic nitrogens is 1. The lowest BCUT2D eigenvalue weighted by Gasteiger charge is -2.14. The van der Waals surface area contributed by atoms with E-state index in [-0.39, 0.29) is 4.90 Å². The fraction of sp³-hybridized carbons (Fsp3) is 0.154. The smallest absolute Gasteiger partial charge is 0.263 e. The van der Waals surface area contributed by atoms with E-state index in [2.05, 4.69) is 25.6 Å². The molecule has 0 radical (unpaired) electrons. The summed E-state index contributed by atoms with van der Waals surface area (Å²) in [5, 5.41) is 0. The topological polar surface area (TPSA) is 62.3 Å². The predicted octanol–water partition coefficient (Wildman–Crippen LogP) is 2.71. The third kappa shape index (κ3) is 3.49. The first kappa shape index (κ1) is 14.8. The monoisotopic (exact) mass is 355 g/mol. The van der Waals surface area contributed by atoms with Crippen LogP contribution in [0.4, 0.5) is 11.4 Å². The van der Waals surface area contributed by atoms with Crippen LogP contribution in [0.15, 0.2) is 52.1 Å². The summed E-state index contributed by atoms with van der Waals surface area (Å²) in [6.07, 6.45) is 2.84. The van der Waals surface area contributed by atoms with Crippen LogP contribution in [-0.4, -0.2) is 27.5 Å². The molecule has 0 aliphatic rings. The molecule has 2 aromatic rings. The molecule has 0 aliphatic carbocycles. The molecular weight excluding hydrogens is 342 g/mol. The van der Waals surface area contributed by atoms with Crippen LogP contribution in [0.5, 0.6) is 0 Å². The summed E-state index contributed by atoms with van der Waals surface area (Å²) in [5.74, 6) is 0. The lowest BCUT2D eigenvalue weighted by molar-refractivity contribution is 0.600. The van der Waals surface area contributed by atoms with Crippen molar-refractivity contribution < 1.29 is 8.42 Å². The summed E-state index contributed by atoms with van der Waals surface area (Å²) in [6, 6.07) is 8.68. The van der Waals surface area contributed by atoms with E-state index in [0.717, 1.165) is 5.69 Å². The summed E-state index contributed by atoms with van der Waals surface area (Å²) in [5.41, 5.74) is 1.42. The van der Waals surface area contributed by atoms with Crippen LogP contribution < -0.4 is 9.62 Å². The van der Waals surface area contributed by atoms with Gasteiger partial charge < -0.3 is 4.90 Å². The zero-order chi connectivity index (χ0) is 14.8. The molecule has 106 valence electrons. The van der Waals surface area contributed by atoms with E-state index in [1.54, 1.807) is 18.2 Å². The Morgan fingerprint density at radius 3 is 2.60 bits per heavy atom. The van der Waals surface area contributed by atoms with Crippen molar-refractivity contribution in [2.24, 2.45) is 0 Å². The van der Waals surface area contributed by atoms with Gasteiger partial charge in [-0.3, -0.25) is 9.71 Å². The Bertz CT molecular complexity index is 717. The number of hydrogen-bond donors (Lipinski definition) is 1. The predicted molar refractivity (Wildman–Crippen MR) is 83.5 cm³/mol. The van der Waals surface area contributed by atoms with Crippen LogP contribution in [0.2, 0.25) is 0 Å². The average Bonchev–Trinajstić information content (AvgIpc) is 2.38. The third-order valence-electron chi connectivity index (χ3n) is 2.60. The van der Waals surface area contributed by atoms with Crippen molar-refractivity contribution in [1.29, 1.82) is 0 Å². The molecule has 0 aliphatic heterocycles. The molecular formula is C13H14BrN3O2S. The maximum Gasteiger partial charge on any atom is 0.263 e. The fourth-order valence-corrected chi connectivity index (χ4v) is 3.15. The first-order valence-corrected chi connectivity index (χ1v) is 8.07. The summed E-state index contributed by atoms with van der Waals surface area (Å²) in [4.78, 5) is 5.88. The van der Waals surface area contributed by atoms with Gasteiger partial charge in [0.15, 0.2) is 0 Å². The Labute approximate surface area is 126 Å². The van der Waals surface area contributed by atoms with Gasteiger partial charge in [0, 0.05) is 36.6 Å². The van der Waals surface area contributed by atoms with Crippen LogP contribution in [0.25, 0.3) is 0 Å². The molecule has 5 nitrogen and oxygen atoms in total. The summed E-state index contributed by atoms with van der Waals surface area (Å²) in [6.45, 7) is 0. The first-order valence-electron chi connectivity index (χ1n) is 5.79. The number of nitrogens with zero attached hydrogens (tertiary/aromatic N) is 2. The molecule has 1 heterocycles. The van der Waals surface area contributed by atoms with E-state index in [0.29, 0.717) is 10.2 Å². The van der Waals surface area contributed by atoms with Gasteiger partial charge in [0.25, 0.3) is 10.0 Å². The van der Waals surface area contributed by atoms with E-state index in [9.17, 15) is 8.42 Å². The number of pyridine rings is 1. The molecule has 0 fully saturated rings. The van der Waals surface area contributed by atoms with Gasteiger partial charge in [0.1, 0.15) is 4.90 Å². The highest BCUT2D eigenvalue weighted by molar-refractivity contribution is 9.10. The second kappa shape index (κ2) is 5.80. The molecule has 0 saturated carbocycles. The van der Waals surface area contributed by atoms with Crippen molar-refractivity contribution in [3.8, 4) is 0 Å². The number of hydrogen-bond acceptors (Lipinski definition) is 4. The van der Waals surface area contributed by atoms with E-state index in [1.807, 2.05) is 25.1 Å². The molecule has 0 bridgehead atoms. The fourth-order valence-electron chi connectivity index (χ4n) is 1.60. The molecule has 0 unspecified atom stereocenters. The van der Waals surface area contributed by atoms with Crippen molar-refractivity contribution in [3.63, 3.8) is 0 Å². The van der Waals surface area contributed by atoms with E-state index < -0.39 is 10.0 Å². The number of sulfonamides is 1. The Morgan fingerprint density at radius 1 is 1.20 bits per heavy atom. The molecule has 1 N–H and O–H groups in total. The lowest BCUT2D eigenvalue weighted by Crippen LogP contribution is -2.14. The number of halogens is 1. The van der Waals surface area contributed by atoms with Gasteiger partial charge >= 0.3 is 0 Å². The SMILES string of the molecule is CN(C)c1cccc(NS(=O)(=O)c2cncc(Br)c2)c1. The van der Waals surface area contributed by atoms with Crippen molar-refractivity contribution >= 4 is 37.3 Å². The highest BCUT2D eigenvalue weighted by Crippen LogP contribution is 2.21. The summed E-state index contributed by atoms with van der Waals surface area (Å²) >= 11 is 3.21. The van der Waals surface area contributed by atoms with Gasteiger partial charge in [0.2, 0.25) is 0 Å². The standard InChI is InChI=1S/C13H14BrN3O2S/c1-17(2)12-5-3-4-11(7-12)16-20(18,19)13-6-10(14)8-15-9-13/h3-9,16H,1-2H3. The van der Waals surface area contributed by atoms with Crippen LogP contribution >= 0.6 is 15.9 Å². The van der Waals surface area contributed by atoms with Crippen LogP contribution in [0, 0.1) is 0 Å². The third-order valence-corrected chi connectivity index (χ3v) is 4.39. The van der Waals surface area contributed by atoms with Crippen molar-refractivity contribution in [2.45, 2.75) is 4.90 Å². The first-order chi connectivity index (χ1) is 9.38. The maximum absolute atomic E-state index is 12.2. The second-order valence-corrected chi connectivity index (χ2v) is 6.99. The van der Waals surface area contributed by atoms with Gasteiger partial charge in [-0.25, -0.2) is 8.42 Å². The van der Waals surface area contributed by atoms with Gasteiger partial charge in [-0.2, -0.15) is 0 Å². The van der Waals surface area contributed by atoms with Gasteiger partial charge in [-0.15, -0.1) is 0 Å². The molecule has 1 aromatic heterocycles. The number of anilines is 2. The molecule has 0 saturated heterocycles. The normalized spacial score (nSPS) is 11.2. The number of benzene rings is 1. The van der Waals surface area contributed by atoms with Crippen LogP contribution in [0.1, 0.15) is 0 Å². The van der Waals surface area contributed by atoms with Crippen molar-refractivity contribution in [3.05, 3.63) is 47.2 Å². The molecule has 20 heavy (non-hydrogen) atoms. The molecule has 2 rings (SSSR count). The van der Waals surface area contributed by atoms with Crippen molar-refractivity contribution in [1.82, 2.24) is 4.98 Å². The molecule has 7 heteroatoms. The largest absolute Gasteiger partial charge is 0.378 e.